The maximum absolute atomic E-state index is 12.9. The van der Waals surface area contributed by atoms with Gasteiger partial charge < -0.3 is 0 Å². The topological polar surface area (TPSA) is 45.6 Å². The van der Waals surface area contributed by atoms with Crippen molar-refractivity contribution in [2.24, 2.45) is 5.10 Å². The van der Waals surface area contributed by atoms with Crippen LogP contribution >= 0.6 is 38.6 Å². The Bertz CT molecular complexity index is 1150. The van der Waals surface area contributed by atoms with Crippen molar-refractivity contribution in [2.75, 3.05) is 5.01 Å². The molecule has 0 atom stereocenters. The van der Waals surface area contributed by atoms with Gasteiger partial charge in [0, 0.05) is 15.4 Å². The minimum Gasteiger partial charge on any atom is -0.267 e. The fourth-order valence-electron chi connectivity index (χ4n) is 2.46. The molecule has 4 nitrogen and oxygen atoms in total. The van der Waals surface area contributed by atoms with Gasteiger partial charge in [0.05, 0.1) is 16.4 Å². The van der Waals surface area contributed by atoms with Crippen molar-refractivity contribution < 1.29 is 4.79 Å². The number of hydrogen-bond donors (Lipinski definition) is 0. The van der Waals surface area contributed by atoms with E-state index in [1.807, 2.05) is 66.0 Å². The molecule has 2 aromatic carbocycles. The number of halogens is 1. The Morgan fingerprint density at radius 2 is 1.96 bits per heavy atom. The average molecular weight is 468 g/mol. The first-order valence-corrected chi connectivity index (χ1v) is 10.9. The van der Waals surface area contributed by atoms with Crippen molar-refractivity contribution in [3.8, 4) is 0 Å². The van der Waals surface area contributed by atoms with Crippen molar-refractivity contribution in [1.82, 2.24) is 4.98 Å². The van der Waals surface area contributed by atoms with Crippen molar-refractivity contribution >= 4 is 72.1 Å². The number of carbonyl (C=O) groups is 1. The second-order valence-corrected chi connectivity index (χ2v) is 8.67. The summed E-state index contributed by atoms with van der Waals surface area (Å²) in [5.74, 6) is -0.255. The summed E-state index contributed by atoms with van der Waals surface area (Å²) >= 11 is 6.46. The number of hydrogen-bond acceptors (Lipinski definition) is 5. The third-order valence-electron chi connectivity index (χ3n) is 3.79. The number of benzene rings is 2. The van der Waals surface area contributed by atoms with Crippen LogP contribution < -0.4 is 5.01 Å². The zero-order valence-electron chi connectivity index (χ0n) is 14.5. The van der Waals surface area contributed by atoms with Crippen LogP contribution in [0.3, 0.4) is 0 Å². The van der Waals surface area contributed by atoms with E-state index in [9.17, 15) is 4.79 Å². The lowest BCUT2D eigenvalue weighted by Crippen LogP contribution is -2.23. The summed E-state index contributed by atoms with van der Waals surface area (Å²) in [6, 6.07) is 19.4. The van der Waals surface area contributed by atoms with Gasteiger partial charge in [-0.15, -0.1) is 11.3 Å². The molecule has 7 heteroatoms. The molecular weight excluding hydrogens is 454 g/mol. The van der Waals surface area contributed by atoms with E-state index in [1.54, 1.807) is 23.6 Å². The van der Waals surface area contributed by atoms with Gasteiger partial charge in [0.25, 0.3) is 5.91 Å². The molecule has 0 radical (unpaired) electrons. The number of aromatic nitrogens is 1. The Labute approximate surface area is 178 Å². The lowest BCUT2D eigenvalue weighted by Gasteiger charge is -2.10. The highest BCUT2D eigenvalue weighted by Gasteiger charge is 2.17. The minimum atomic E-state index is -0.255. The predicted octanol–water partition coefficient (Wildman–Crippen LogP) is 6.20. The monoisotopic (exact) mass is 467 g/mol. The van der Waals surface area contributed by atoms with Gasteiger partial charge in [-0.25, -0.2) is 4.98 Å². The van der Waals surface area contributed by atoms with E-state index in [0.29, 0.717) is 5.13 Å². The van der Waals surface area contributed by atoms with Crippen LogP contribution in [0.25, 0.3) is 16.3 Å². The van der Waals surface area contributed by atoms with Crippen LogP contribution in [0.5, 0.6) is 0 Å². The number of amides is 1. The molecule has 0 fully saturated rings. The van der Waals surface area contributed by atoms with Gasteiger partial charge in [0.15, 0.2) is 0 Å². The first kappa shape index (κ1) is 18.7. The van der Waals surface area contributed by atoms with Crippen LogP contribution in [0.4, 0.5) is 5.13 Å². The second-order valence-electron chi connectivity index (χ2n) is 5.76. The summed E-state index contributed by atoms with van der Waals surface area (Å²) in [6.45, 7) is 0. The number of rotatable bonds is 5. The zero-order chi connectivity index (χ0) is 19.3. The smallest absolute Gasteiger partial charge is 0.267 e. The summed E-state index contributed by atoms with van der Waals surface area (Å²) in [5.41, 5.74) is 1.78. The maximum Gasteiger partial charge on any atom is 0.273 e. The molecule has 0 N–H and O–H groups in total. The first-order valence-electron chi connectivity index (χ1n) is 8.40. The van der Waals surface area contributed by atoms with Crippen molar-refractivity contribution in [3.63, 3.8) is 0 Å². The van der Waals surface area contributed by atoms with Crippen molar-refractivity contribution in [2.45, 2.75) is 0 Å². The summed E-state index contributed by atoms with van der Waals surface area (Å²) in [5, 5.41) is 8.27. The minimum absolute atomic E-state index is 0.255. The molecule has 4 aromatic rings. The summed E-state index contributed by atoms with van der Waals surface area (Å²) in [7, 11) is 0. The van der Waals surface area contributed by atoms with E-state index in [4.69, 9.17) is 0 Å². The number of nitrogens with zero attached hydrogens (tertiary/aromatic N) is 3. The molecule has 28 heavy (non-hydrogen) atoms. The molecule has 1 amide bonds. The lowest BCUT2D eigenvalue weighted by atomic mass is 10.2. The van der Waals surface area contributed by atoms with Crippen molar-refractivity contribution in [1.29, 1.82) is 0 Å². The van der Waals surface area contributed by atoms with E-state index in [-0.39, 0.29) is 5.91 Å². The molecule has 0 unspecified atom stereocenters. The molecular formula is C21H14BrN3OS2. The lowest BCUT2D eigenvalue weighted by molar-refractivity contribution is -0.114. The van der Waals surface area contributed by atoms with E-state index in [0.717, 1.165) is 25.1 Å². The number of fused-ring (bicyclic) bond motifs is 1. The van der Waals surface area contributed by atoms with Gasteiger partial charge in [-0.1, -0.05) is 63.7 Å². The van der Waals surface area contributed by atoms with Crippen LogP contribution in [0.2, 0.25) is 0 Å². The standard InChI is InChI=1S/C21H14BrN3OS2/c22-16-9-10-18-19(13-16)28-21(24-18)25(23-14-17-7-4-12-27-17)20(26)11-8-15-5-2-1-3-6-15/h1-14H/b11-8+,23-14+. The molecule has 0 aliphatic carbocycles. The number of carbonyl (C=O) groups excluding carboxylic acids is 1. The molecule has 0 aliphatic rings. The molecule has 0 bridgehead atoms. The van der Waals surface area contributed by atoms with Crippen LogP contribution in [-0.2, 0) is 4.79 Å². The highest BCUT2D eigenvalue weighted by atomic mass is 79.9. The zero-order valence-corrected chi connectivity index (χ0v) is 17.7. The molecule has 138 valence electrons. The third-order valence-corrected chi connectivity index (χ3v) is 6.08. The van der Waals surface area contributed by atoms with E-state index >= 15 is 0 Å². The molecule has 2 heterocycles. The molecule has 2 aromatic heterocycles. The SMILES string of the molecule is O=C(/C=C/c1ccccc1)N(/N=C/c1cccs1)c1nc2ccc(Br)cc2s1. The van der Waals surface area contributed by atoms with Gasteiger partial charge in [-0.3, -0.25) is 4.79 Å². The summed E-state index contributed by atoms with van der Waals surface area (Å²) in [4.78, 5) is 18.5. The summed E-state index contributed by atoms with van der Waals surface area (Å²) in [6.07, 6.45) is 4.98. The Kier molecular flexibility index (Phi) is 5.76. The van der Waals surface area contributed by atoms with Gasteiger partial charge in [0.1, 0.15) is 0 Å². The van der Waals surface area contributed by atoms with Gasteiger partial charge in [0.2, 0.25) is 5.13 Å². The highest BCUT2D eigenvalue weighted by molar-refractivity contribution is 9.10. The number of thiazole rings is 1. The number of thiophene rings is 1. The molecule has 0 saturated heterocycles. The van der Waals surface area contributed by atoms with Crippen LogP contribution in [0, 0.1) is 0 Å². The number of hydrazone groups is 1. The quantitative estimate of drug-likeness (QED) is 0.199. The molecule has 0 aliphatic heterocycles. The van der Waals surface area contributed by atoms with Gasteiger partial charge >= 0.3 is 0 Å². The van der Waals surface area contributed by atoms with Crippen LogP contribution in [-0.4, -0.2) is 17.1 Å². The maximum atomic E-state index is 12.9. The Morgan fingerprint density at radius 3 is 2.75 bits per heavy atom. The van der Waals surface area contributed by atoms with Gasteiger partial charge in [-0.05, 0) is 41.3 Å². The Morgan fingerprint density at radius 1 is 1.11 bits per heavy atom. The predicted molar refractivity (Wildman–Crippen MR) is 122 cm³/mol. The number of anilines is 1. The second kappa shape index (κ2) is 8.60. The van der Waals surface area contributed by atoms with Gasteiger partial charge in [-0.2, -0.15) is 10.1 Å². The largest absolute Gasteiger partial charge is 0.273 e. The van der Waals surface area contributed by atoms with E-state index in [1.165, 1.54) is 22.4 Å². The fourth-order valence-corrected chi connectivity index (χ4v) is 4.52. The Balaban J connectivity index is 1.68. The van der Waals surface area contributed by atoms with E-state index in [2.05, 4.69) is 26.0 Å². The summed E-state index contributed by atoms with van der Waals surface area (Å²) < 4.78 is 1.96. The first-order chi connectivity index (χ1) is 13.7. The fraction of sp³-hybridized carbons (Fsp3) is 0. The molecule has 4 rings (SSSR count). The Hall–Kier alpha value is -2.61. The van der Waals surface area contributed by atoms with Crippen LogP contribution in [0.15, 0.2) is 81.7 Å². The average Bonchev–Trinajstić information content (AvgIpc) is 3.37. The van der Waals surface area contributed by atoms with Crippen LogP contribution in [0.1, 0.15) is 10.4 Å². The molecule has 0 saturated carbocycles. The highest BCUT2D eigenvalue weighted by Crippen LogP contribution is 2.31. The normalized spacial score (nSPS) is 11.6. The van der Waals surface area contributed by atoms with E-state index < -0.39 is 0 Å². The van der Waals surface area contributed by atoms with Crippen molar-refractivity contribution in [3.05, 3.63) is 87.0 Å². The third kappa shape index (κ3) is 4.44. The molecule has 0 spiro atoms.